The Labute approximate surface area is 212 Å². The van der Waals surface area contributed by atoms with E-state index in [1.54, 1.807) is 0 Å². The minimum atomic E-state index is -0.403. The van der Waals surface area contributed by atoms with Gasteiger partial charge in [-0.05, 0) is 80.7 Å². The van der Waals surface area contributed by atoms with E-state index in [1.165, 1.54) is 62.7 Å². The summed E-state index contributed by atoms with van der Waals surface area (Å²) in [7, 11) is 0. The van der Waals surface area contributed by atoms with Crippen molar-refractivity contribution in [2.24, 2.45) is 5.92 Å². The van der Waals surface area contributed by atoms with Crippen LogP contribution in [-0.4, -0.2) is 63.9 Å². The summed E-state index contributed by atoms with van der Waals surface area (Å²) in [6, 6.07) is 7.16. The molecule has 0 spiro atoms. The number of aromatic nitrogens is 5. The second-order valence-electron chi connectivity index (χ2n) is 11.2. The van der Waals surface area contributed by atoms with Gasteiger partial charge in [0.25, 0.3) is 0 Å². The van der Waals surface area contributed by atoms with E-state index in [0.29, 0.717) is 25.2 Å². The Morgan fingerprint density at radius 2 is 1.94 bits per heavy atom. The third-order valence-corrected chi connectivity index (χ3v) is 8.65. The topological polar surface area (TPSA) is 81.0 Å². The lowest BCUT2D eigenvalue weighted by Crippen LogP contribution is -2.53. The molecular formula is C28H35N7O. The molecule has 2 saturated carbocycles. The van der Waals surface area contributed by atoms with Crippen LogP contribution in [0.2, 0.25) is 0 Å². The molecule has 8 heteroatoms. The minimum Gasteiger partial charge on any atom is -0.375 e. The average Bonchev–Trinajstić information content (AvgIpc) is 3.61. The lowest BCUT2D eigenvalue weighted by Gasteiger charge is -2.41. The van der Waals surface area contributed by atoms with Gasteiger partial charge in [0.1, 0.15) is 5.69 Å². The predicted octanol–water partition coefficient (Wildman–Crippen LogP) is 3.74. The third-order valence-electron chi connectivity index (χ3n) is 8.65. The van der Waals surface area contributed by atoms with Crippen molar-refractivity contribution in [3.05, 3.63) is 54.2 Å². The van der Waals surface area contributed by atoms with E-state index in [4.69, 9.17) is 9.72 Å². The summed E-state index contributed by atoms with van der Waals surface area (Å²) >= 11 is 0. The van der Waals surface area contributed by atoms with Crippen molar-refractivity contribution in [2.45, 2.75) is 62.4 Å². The van der Waals surface area contributed by atoms with Crippen molar-refractivity contribution in [3.63, 3.8) is 0 Å². The Hall–Kier alpha value is -2.84. The smallest absolute Gasteiger partial charge is 0.152 e. The van der Waals surface area contributed by atoms with E-state index in [9.17, 15) is 0 Å². The van der Waals surface area contributed by atoms with Gasteiger partial charge >= 0.3 is 0 Å². The van der Waals surface area contributed by atoms with Crippen LogP contribution in [0.1, 0.15) is 62.1 Å². The van der Waals surface area contributed by atoms with Gasteiger partial charge < -0.3 is 15.0 Å². The molecule has 0 unspecified atom stereocenters. The first-order valence-electron chi connectivity index (χ1n) is 13.7. The number of ether oxygens (including phenoxy) is 1. The first kappa shape index (κ1) is 22.4. The highest BCUT2D eigenvalue weighted by Gasteiger charge is 2.45. The number of nitrogens with one attached hydrogen (secondary N) is 1. The summed E-state index contributed by atoms with van der Waals surface area (Å²) in [5, 5.41) is 12.8. The highest BCUT2D eigenvalue weighted by molar-refractivity contribution is 5.58. The van der Waals surface area contributed by atoms with Gasteiger partial charge in [0, 0.05) is 37.1 Å². The quantitative estimate of drug-likeness (QED) is 0.520. The number of hydrogen-bond acceptors (Lipinski definition) is 7. The Morgan fingerprint density at radius 1 is 1.03 bits per heavy atom. The van der Waals surface area contributed by atoms with Crippen molar-refractivity contribution in [1.29, 1.82) is 0 Å². The van der Waals surface area contributed by atoms with Crippen LogP contribution in [0.25, 0.3) is 11.3 Å². The van der Waals surface area contributed by atoms with Crippen LogP contribution in [0.3, 0.4) is 0 Å². The minimum absolute atomic E-state index is 0.403. The predicted molar refractivity (Wildman–Crippen MR) is 138 cm³/mol. The first-order valence-corrected chi connectivity index (χ1v) is 13.7. The van der Waals surface area contributed by atoms with Crippen LogP contribution >= 0.6 is 0 Å². The van der Waals surface area contributed by atoms with E-state index < -0.39 is 5.54 Å². The van der Waals surface area contributed by atoms with Gasteiger partial charge in [-0.1, -0.05) is 11.6 Å². The Morgan fingerprint density at radius 3 is 2.67 bits per heavy atom. The zero-order valence-corrected chi connectivity index (χ0v) is 20.9. The molecule has 4 fully saturated rings. The Balaban J connectivity index is 1.06. The summed E-state index contributed by atoms with van der Waals surface area (Å²) in [4.78, 5) is 11.9. The van der Waals surface area contributed by atoms with Gasteiger partial charge in [-0.2, -0.15) is 0 Å². The fourth-order valence-corrected chi connectivity index (χ4v) is 5.79. The highest BCUT2D eigenvalue weighted by Crippen LogP contribution is 2.41. The molecule has 2 aliphatic carbocycles. The zero-order chi connectivity index (χ0) is 24.0. The van der Waals surface area contributed by atoms with Gasteiger partial charge in [-0.25, -0.2) is 4.68 Å². The molecule has 2 saturated heterocycles. The fraction of sp³-hybridized carbons (Fsp3) is 0.571. The summed E-state index contributed by atoms with van der Waals surface area (Å²) in [5.74, 6) is 1.56. The van der Waals surface area contributed by atoms with Gasteiger partial charge in [0.2, 0.25) is 0 Å². The molecule has 3 aromatic rings. The molecule has 1 N–H and O–H groups in total. The van der Waals surface area contributed by atoms with Crippen molar-refractivity contribution in [3.8, 4) is 11.3 Å². The van der Waals surface area contributed by atoms with E-state index in [-0.39, 0.29) is 0 Å². The molecule has 5 heterocycles. The number of piperidine rings is 1. The molecule has 7 rings (SSSR count). The lowest BCUT2D eigenvalue weighted by molar-refractivity contribution is -0.0851. The first-order chi connectivity index (χ1) is 17.8. The summed E-state index contributed by atoms with van der Waals surface area (Å²) < 4.78 is 7.63. The molecule has 0 bridgehead atoms. The summed E-state index contributed by atoms with van der Waals surface area (Å²) in [5.41, 5.74) is 4.96. The van der Waals surface area contributed by atoms with E-state index in [0.717, 1.165) is 36.0 Å². The number of hydrogen-bond donors (Lipinski definition) is 1. The second-order valence-corrected chi connectivity index (χ2v) is 11.2. The molecule has 188 valence electrons. The van der Waals surface area contributed by atoms with Gasteiger partial charge in [0.15, 0.2) is 5.54 Å². The van der Waals surface area contributed by atoms with Crippen LogP contribution in [-0.2, 0) is 10.3 Å². The maximum atomic E-state index is 5.68. The Bertz CT molecular complexity index is 1200. The molecule has 3 aromatic heterocycles. The van der Waals surface area contributed by atoms with E-state index in [1.807, 2.05) is 29.5 Å². The molecule has 0 amide bonds. The van der Waals surface area contributed by atoms with Crippen LogP contribution < -0.4 is 10.2 Å². The molecule has 0 radical (unpaired) electrons. The van der Waals surface area contributed by atoms with Crippen molar-refractivity contribution in [1.82, 2.24) is 30.3 Å². The maximum absolute atomic E-state index is 5.68. The summed E-state index contributed by atoms with van der Waals surface area (Å²) in [6.45, 7) is 4.44. The molecular weight excluding hydrogens is 450 g/mol. The van der Waals surface area contributed by atoms with Crippen molar-refractivity contribution < 1.29 is 4.74 Å². The maximum Gasteiger partial charge on any atom is 0.152 e. The van der Waals surface area contributed by atoms with Crippen LogP contribution in [0, 0.1) is 5.92 Å². The monoisotopic (exact) mass is 485 g/mol. The lowest BCUT2D eigenvalue weighted by atomic mass is 9.85. The largest absolute Gasteiger partial charge is 0.375 e. The number of anilines is 1. The van der Waals surface area contributed by atoms with E-state index >= 15 is 0 Å². The molecule has 1 atom stereocenters. The highest BCUT2D eigenvalue weighted by atomic mass is 16.5. The fourth-order valence-electron chi connectivity index (χ4n) is 5.79. The van der Waals surface area contributed by atoms with Crippen LogP contribution in [0.4, 0.5) is 5.69 Å². The summed E-state index contributed by atoms with van der Waals surface area (Å²) in [6.07, 6.45) is 17.1. The molecule has 36 heavy (non-hydrogen) atoms. The van der Waals surface area contributed by atoms with E-state index in [2.05, 4.69) is 43.7 Å². The van der Waals surface area contributed by atoms with Crippen molar-refractivity contribution >= 4 is 5.69 Å². The van der Waals surface area contributed by atoms with Gasteiger partial charge in [-0.3, -0.25) is 9.97 Å². The van der Waals surface area contributed by atoms with Crippen molar-refractivity contribution in [2.75, 3.05) is 37.7 Å². The normalized spacial score (nSPS) is 23.8. The molecule has 4 aliphatic rings. The number of rotatable bonds is 8. The van der Waals surface area contributed by atoms with Crippen LogP contribution in [0.15, 0.2) is 43.0 Å². The number of pyridine rings is 2. The Kier molecular flexibility index (Phi) is 5.73. The molecule has 2 aliphatic heterocycles. The SMILES string of the molecule is c1ncc(C2CC2)cc1-c1cn(C2(c3ccc(N4CCC[C@@H](NCC5CCC5)C4)cn3)COC2)nn1. The standard InChI is InChI=1S/C28H35N7O/c1-3-20(4-1)12-30-24-5-2-10-34(16-24)25-8-9-27(31-15-25)28(18-36-19-28)35-17-26(32-33-35)23-11-22(13-29-14-23)21-6-7-21/h8-9,11,13-15,17,20-21,24,30H,1-7,10,12,16,18-19H2/t24-/m1/s1. The van der Waals surface area contributed by atoms with Crippen LogP contribution in [0.5, 0.6) is 0 Å². The average molecular weight is 486 g/mol. The van der Waals surface area contributed by atoms with Gasteiger partial charge in [-0.15, -0.1) is 5.10 Å². The number of nitrogens with zero attached hydrogens (tertiary/aromatic N) is 6. The third kappa shape index (κ3) is 4.20. The molecule has 0 aromatic carbocycles. The second kappa shape index (κ2) is 9.23. The van der Waals surface area contributed by atoms with Gasteiger partial charge in [0.05, 0.1) is 37.0 Å². The zero-order valence-electron chi connectivity index (χ0n) is 20.9. The molecule has 8 nitrogen and oxygen atoms in total.